The number of carbonyl (C=O) groups excluding carboxylic acids is 1. The largest absolute Gasteiger partial charge is 0.396 e. The first kappa shape index (κ1) is 39.7. The van der Waals surface area contributed by atoms with E-state index in [0.29, 0.717) is 38.2 Å². The van der Waals surface area contributed by atoms with Crippen molar-refractivity contribution >= 4 is 5.78 Å². The minimum atomic E-state index is -1.68. The molecule has 4 aliphatic carbocycles. The van der Waals surface area contributed by atoms with Gasteiger partial charge in [0, 0.05) is 36.2 Å². The average Bonchev–Trinajstić information content (AvgIpc) is 3.61. The zero-order valence-electron chi connectivity index (χ0n) is 31.6. The number of ether oxygens (including phenoxy) is 6. The zero-order valence-corrected chi connectivity index (χ0v) is 31.6. The van der Waals surface area contributed by atoms with Crippen LogP contribution in [-0.2, 0) is 33.2 Å². The molecule has 4 heterocycles. The van der Waals surface area contributed by atoms with E-state index in [1.807, 2.05) is 0 Å². The molecule has 15 nitrogen and oxygen atoms in total. The Morgan fingerprint density at radius 1 is 0.852 bits per heavy atom. The Kier molecular flexibility index (Phi) is 10.5. The molecule has 0 aromatic carbocycles. The van der Waals surface area contributed by atoms with Crippen LogP contribution in [-0.4, -0.2) is 152 Å². The van der Waals surface area contributed by atoms with Crippen LogP contribution in [0.5, 0.6) is 0 Å². The first-order valence-corrected chi connectivity index (χ1v) is 20.1. The van der Waals surface area contributed by atoms with Crippen LogP contribution >= 0.6 is 0 Å². The van der Waals surface area contributed by atoms with Crippen molar-refractivity contribution in [2.45, 2.75) is 158 Å². The molecule has 8 aliphatic rings. The van der Waals surface area contributed by atoms with E-state index < -0.39 is 85.3 Å². The molecule has 22 atom stereocenters. The van der Waals surface area contributed by atoms with E-state index in [1.165, 1.54) is 5.57 Å². The van der Waals surface area contributed by atoms with E-state index in [-0.39, 0.29) is 59.6 Å². The van der Waals surface area contributed by atoms with Gasteiger partial charge in [-0.25, -0.2) is 0 Å². The van der Waals surface area contributed by atoms with Gasteiger partial charge in [-0.1, -0.05) is 32.4 Å². The number of rotatable bonds is 6. The fourth-order valence-electron chi connectivity index (χ4n) is 12.5. The number of hydrogen-bond acceptors (Lipinski definition) is 15. The molecule has 22 unspecified atom stereocenters. The molecule has 0 radical (unpaired) electrons. The Morgan fingerprint density at radius 2 is 1.57 bits per heavy atom. The normalized spacial score (nSPS) is 57.2. The van der Waals surface area contributed by atoms with Crippen LogP contribution in [0.3, 0.4) is 0 Å². The molecular formula is C39H60O15. The molecule has 0 aromatic heterocycles. The summed E-state index contributed by atoms with van der Waals surface area (Å²) in [6.07, 6.45) is -8.36. The van der Waals surface area contributed by atoms with Crippen LogP contribution in [0.4, 0.5) is 0 Å². The smallest absolute Gasteiger partial charge is 0.197 e. The summed E-state index contributed by atoms with van der Waals surface area (Å²) in [5.74, 6) is -0.686. The summed E-state index contributed by atoms with van der Waals surface area (Å²) in [7, 11) is 0. The number of fused-ring (bicyclic) bond motifs is 7. The number of carbonyl (C=O) groups is 1. The highest BCUT2D eigenvalue weighted by atomic mass is 16.7. The van der Waals surface area contributed by atoms with Crippen LogP contribution in [0, 0.1) is 46.3 Å². The fourth-order valence-corrected chi connectivity index (χ4v) is 12.5. The molecule has 8 rings (SSSR count). The first-order valence-electron chi connectivity index (χ1n) is 20.1. The van der Waals surface area contributed by atoms with Gasteiger partial charge in [-0.2, -0.15) is 0 Å². The Balaban J connectivity index is 0.921. The van der Waals surface area contributed by atoms with Crippen LogP contribution < -0.4 is 0 Å². The van der Waals surface area contributed by atoms with Crippen molar-refractivity contribution < 1.29 is 74.1 Å². The van der Waals surface area contributed by atoms with Crippen molar-refractivity contribution in [3.8, 4) is 0 Å². The highest BCUT2D eigenvalue weighted by Crippen LogP contribution is 2.69. The first-order chi connectivity index (χ1) is 25.6. The quantitative estimate of drug-likeness (QED) is 0.159. The van der Waals surface area contributed by atoms with Gasteiger partial charge in [0.2, 0.25) is 0 Å². The van der Waals surface area contributed by atoms with Gasteiger partial charge in [-0.15, -0.1) is 0 Å². The lowest BCUT2D eigenvalue weighted by atomic mass is 9.46. The molecule has 7 fully saturated rings. The summed E-state index contributed by atoms with van der Waals surface area (Å²) in [6.45, 7) is 7.71. The van der Waals surface area contributed by atoms with Crippen molar-refractivity contribution in [1.29, 1.82) is 0 Å². The molecule has 8 N–H and O–H groups in total. The fraction of sp³-hybridized carbons (Fsp3) is 0.923. The number of allylic oxidation sites excluding steroid dienone is 1. The second-order valence-corrected chi connectivity index (χ2v) is 18.2. The van der Waals surface area contributed by atoms with Gasteiger partial charge in [-0.05, 0) is 68.6 Å². The van der Waals surface area contributed by atoms with Crippen molar-refractivity contribution in [2.24, 2.45) is 46.3 Å². The summed E-state index contributed by atoms with van der Waals surface area (Å²) in [5.41, 5.74) is 0.429. The van der Waals surface area contributed by atoms with Gasteiger partial charge < -0.3 is 69.3 Å². The Bertz CT molecular complexity index is 1440. The lowest BCUT2D eigenvalue weighted by Gasteiger charge is -2.58. The maximum atomic E-state index is 14.5. The summed E-state index contributed by atoms with van der Waals surface area (Å²) in [5, 5.41) is 83.4. The van der Waals surface area contributed by atoms with E-state index >= 15 is 0 Å². The van der Waals surface area contributed by atoms with E-state index in [9.17, 15) is 45.6 Å². The number of ketones is 1. The summed E-state index contributed by atoms with van der Waals surface area (Å²) < 4.78 is 36.5. The number of Topliss-reactive ketones (excluding diaryl/α,β-unsaturated/α-hetero) is 1. The lowest BCUT2D eigenvalue weighted by molar-refractivity contribution is -0.359. The number of aliphatic hydroxyl groups is 8. The van der Waals surface area contributed by atoms with Crippen molar-refractivity contribution in [1.82, 2.24) is 0 Å². The Morgan fingerprint density at radius 3 is 2.28 bits per heavy atom. The molecule has 0 bridgehead atoms. The highest BCUT2D eigenvalue weighted by Gasteiger charge is 2.73. The maximum Gasteiger partial charge on any atom is 0.197 e. The van der Waals surface area contributed by atoms with Gasteiger partial charge in [0.05, 0.1) is 31.5 Å². The summed E-state index contributed by atoms with van der Waals surface area (Å²) >= 11 is 0. The van der Waals surface area contributed by atoms with Gasteiger partial charge in [0.25, 0.3) is 0 Å². The minimum Gasteiger partial charge on any atom is -0.396 e. The van der Waals surface area contributed by atoms with Gasteiger partial charge in [-0.3, -0.25) is 4.79 Å². The van der Waals surface area contributed by atoms with Crippen molar-refractivity contribution in [2.75, 3.05) is 19.8 Å². The van der Waals surface area contributed by atoms with E-state index in [1.54, 1.807) is 6.92 Å². The van der Waals surface area contributed by atoms with E-state index in [2.05, 4.69) is 26.8 Å². The van der Waals surface area contributed by atoms with Crippen LogP contribution in [0.2, 0.25) is 0 Å². The van der Waals surface area contributed by atoms with Gasteiger partial charge >= 0.3 is 0 Å². The molecule has 3 saturated carbocycles. The molecule has 54 heavy (non-hydrogen) atoms. The van der Waals surface area contributed by atoms with Crippen molar-refractivity contribution in [3.63, 3.8) is 0 Å². The summed E-state index contributed by atoms with van der Waals surface area (Å²) in [6, 6.07) is 0. The molecule has 0 aromatic rings. The molecule has 4 aliphatic heterocycles. The monoisotopic (exact) mass is 768 g/mol. The molecule has 306 valence electrons. The zero-order chi connectivity index (χ0) is 38.6. The molecule has 4 saturated heterocycles. The van der Waals surface area contributed by atoms with Crippen LogP contribution in [0.25, 0.3) is 0 Å². The van der Waals surface area contributed by atoms with Crippen LogP contribution in [0.1, 0.15) is 72.6 Å². The second-order valence-electron chi connectivity index (χ2n) is 18.2. The predicted octanol–water partition coefficient (Wildman–Crippen LogP) is -0.488. The SMILES string of the molecule is CC1OC(OC2CCC3(C)C(=CCC4C3CC(=O)C3(C)C4CC4OC5(OCC(CO)CC5O)C(C)C43)C2)C(O)C(O)C1OC1OC(CO)C(O)C(O)C1O. The highest BCUT2D eigenvalue weighted by molar-refractivity contribution is 5.87. The number of hydrogen-bond donors (Lipinski definition) is 8. The molecule has 15 heteroatoms. The third-order valence-corrected chi connectivity index (χ3v) is 15.6. The lowest BCUT2D eigenvalue weighted by Crippen LogP contribution is -2.64. The molecule has 0 amide bonds. The minimum absolute atomic E-state index is 0.0531. The standard InChI is InChI=1S/C39H60O15/c1-16-28-24(54-39(16)27(43)9-18(13-40)15-49-39)11-23-21-6-5-19-10-20(7-8-37(19,3)22(21)12-26(42)38(23,28)4)51-35-33(48)31(46)34(17(2)50-35)53-36-32(47)30(45)29(44)25(14-41)52-36/h5,16-18,20-25,27-36,40-41,43-48H,6-15H2,1-4H3. The second kappa shape index (κ2) is 14.3. The van der Waals surface area contributed by atoms with Gasteiger partial charge in [0.1, 0.15) is 54.6 Å². The van der Waals surface area contributed by atoms with Crippen molar-refractivity contribution in [3.05, 3.63) is 11.6 Å². The predicted molar refractivity (Wildman–Crippen MR) is 185 cm³/mol. The molecule has 1 spiro atoms. The average molecular weight is 769 g/mol. The van der Waals surface area contributed by atoms with E-state index in [0.717, 1.165) is 19.3 Å². The topological polar surface area (TPSA) is 234 Å². The van der Waals surface area contributed by atoms with Gasteiger partial charge in [0.15, 0.2) is 18.4 Å². The molecular weight excluding hydrogens is 708 g/mol. The Hall–Kier alpha value is -1.15. The summed E-state index contributed by atoms with van der Waals surface area (Å²) in [4.78, 5) is 14.5. The van der Waals surface area contributed by atoms with E-state index in [4.69, 9.17) is 28.4 Å². The maximum absolute atomic E-state index is 14.5. The third kappa shape index (κ3) is 5.86. The number of aliphatic hydroxyl groups excluding tert-OH is 8. The van der Waals surface area contributed by atoms with Crippen LogP contribution in [0.15, 0.2) is 11.6 Å². The Labute approximate surface area is 315 Å². The third-order valence-electron chi connectivity index (χ3n) is 15.6.